The summed E-state index contributed by atoms with van der Waals surface area (Å²) in [6.45, 7) is 3.86. The SMILES string of the molecule is CCCCC(=O)N1CCCCC1CNC(=O)CCN. The topological polar surface area (TPSA) is 75.4 Å². The van der Waals surface area contributed by atoms with E-state index in [1.54, 1.807) is 0 Å². The normalized spacial score (nSPS) is 19.3. The lowest BCUT2D eigenvalue weighted by molar-refractivity contribution is -0.135. The van der Waals surface area contributed by atoms with Crippen molar-refractivity contribution in [3.8, 4) is 0 Å². The molecular weight excluding hydrogens is 242 g/mol. The molecule has 1 unspecified atom stereocenters. The number of nitrogens with two attached hydrogens (primary N) is 1. The summed E-state index contributed by atoms with van der Waals surface area (Å²) in [5.41, 5.74) is 5.34. The van der Waals surface area contributed by atoms with Crippen LogP contribution in [0.25, 0.3) is 0 Å². The second kappa shape index (κ2) is 8.91. The quantitative estimate of drug-likeness (QED) is 0.724. The lowest BCUT2D eigenvalue weighted by Gasteiger charge is -2.36. The van der Waals surface area contributed by atoms with Crippen LogP contribution in [-0.4, -0.2) is 42.4 Å². The standard InChI is InChI=1S/C14H27N3O2/c1-2-3-7-14(19)17-10-5-4-6-12(17)11-16-13(18)8-9-15/h12H,2-11,15H2,1H3,(H,16,18). The van der Waals surface area contributed by atoms with E-state index in [0.29, 0.717) is 25.9 Å². The minimum absolute atomic E-state index is 0.0194. The molecule has 0 aromatic heterocycles. The maximum atomic E-state index is 12.1. The summed E-state index contributed by atoms with van der Waals surface area (Å²) in [6, 6.07) is 0.167. The number of carbonyl (C=O) groups excluding carboxylic acids is 2. The fourth-order valence-electron chi connectivity index (χ4n) is 2.46. The van der Waals surface area contributed by atoms with Crippen molar-refractivity contribution in [1.29, 1.82) is 0 Å². The number of nitrogens with zero attached hydrogens (tertiary/aromatic N) is 1. The largest absolute Gasteiger partial charge is 0.354 e. The minimum Gasteiger partial charge on any atom is -0.354 e. The van der Waals surface area contributed by atoms with Gasteiger partial charge in [-0.2, -0.15) is 0 Å². The van der Waals surface area contributed by atoms with Crippen molar-refractivity contribution in [3.05, 3.63) is 0 Å². The van der Waals surface area contributed by atoms with Crippen molar-refractivity contribution in [2.75, 3.05) is 19.6 Å². The fraction of sp³-hybridized carbons (Fsp3) is 0.857. The summed E-state index contributed by atoms with van der Waals surface area (Å²) in [5, 5.41) is 2.88. The Bertz CT molecular complexity index is 294. The zero-order valence-electron chi connectivity index (χ0n) is 12.0. The van der Waals surface area contributed by atoms with Gasteiger partial charge < -0.3 is 16.0 Å². The number of nitrogens with one attached hydrogen (secondary N) is 1. The Morgan fingerprint density at radius 3 is 2.79 bits per heavy atom. The first-order valence-electron chi connectivity index (χ1n) is 7.45. The minimum atomic E-state index is -0.0194. The highest BCUT2D eigenvalue weighted by Crippen LogP contribution is 2.18. The zero-order valence-corrected chi connectivity index (χ0v) is 12.0. The molecule has 1 rings (SSSR count). The first-order valence-corrected chi connectivity index (χ1v) is 7.45. The second-order valence-corrected chi connectivity index (χ2v) is 5.18. The van der Waals surface area contributed by atoms with Crippen LogP contribution >= 0.6 is 0 Å². The van der Waals surface area contributed by atoms with Gasteiger partial charge in [0, 0.05) is 38.5 Å². The molecule has 2 amide bonds. The van der Waals surface area contributed by atoms with E-state index in [-0.39, 0.29) is 17.9 Å². The van der Waals surface area contributed by atoms with Gasteiger partial charge in [0.1, 0.15) is 0 Å². The van der Waals surface area contributed by atoms with Crippen LogP contribution in [0.1, 0.15) is 51.9 Å². The molecule has 0 bridgehead atoms. The van der Waals surface area contributed by atoms with Gasteiger partial charge in [0.25, 0.3) is 0 Å². The molecule has 110 valence electrons. The molecule has 0 aliphatic carbocycles. The molecule has 5 heteroatoms. The van der Waals surface area contributed by atoms with Gasteiger partial charge in [0.2, 0.25) is 11.8 Å². The Hall–Kier alpha value is -1.10. The highest BCUT2D eigenvalue weighted by molar-refractivity contribution is 5.77. The lowest BCUT2D eigenvalue weighted by atomic mass is 10.0. The van der Waals surface area contributed by atoms with E-state index in [1.807, 2.05) is 4.90 Å². The molecule has 5 nitrogen and oxygen atoms in total. The van der Waals surface area contributed by atoms with Gasteiger partial charge >= 0.3 is 0 Å². The van der Waals surface area contributed by atoms with Crippen LogP contribution in [0, 0.1) is 0 Å². The Labute approximate surface area is 115 Å². The molecule has 1 aliphatic rings. The van der Waals surface area contributed by atoms with E-state index >= 15 is 0 Å². The Morgan fingerprint density at radius 2 is 2.11 bits per heavy atom. The van der Waals surface area contributed by atoms with E-state index in [2.05, 4.69) is 12.2 Å². The molecular formula is C14H27N3O2. The molecule has 0 aromatic carbocycles. The fourth-order valence-corrected chi connectivity index (χ4v) is 2.46. The average molecular weight is 269 g/mol. The number of piperidine rings is 1. The first-order chi connectivity index (χ1) is 9.19. The Balaban J connectivity index is 2.43. The molecule has 1 atom stereocenters. The third-order valence-corrected chi connectivity index (χ3v) is 3.60. The molecule has 3 N–H and O–H groups in total. The third-order valence-electron chi connectivity index (χ3n) is 3.60. The first kappa shape index (κ1) is 16.0. The van der Waals surface area contributed by atoms with Crippen molar-refractivity contribution in [2.24, 2.45) is 5.73 Å². The summed E-state index contributed by atoms with van der Waals surface area (Å²) in [6.07, 6.45) is 6.17. The van der Waals surface area contributed by atoms with E-state index in [4.69, 9.17) is 5.73 Å². The zero-order chi connectivity index (χ0) is 14.1. The molecule has 0 spiro atoms. The van der Waals surface area contributed by atoms with Gasteiger partial charge in [0.05, 0.1) is 0 Å². The van der Waals surface area contributed by atoms with Gasteiger partial charge in [-0.3, -0.25) is 9.59 Å². The number of carbonyl (C=O) groups is 2. The van der Waals surface area contributed by atoms with Crippen molar-refractivity contribution in [1.82, 2.24) is 10.2 Å². The van der Waals surface area contributed by atoms with E-state index in [1.165, 1.54) is 0 Å². The Morgan fingerprint density at radius 1 is 1.32 bits per heavy atom. The van der Waals surface area contributed by atoms with E-state index in [0.717, 1.165) is 38.6 Å². The maximum absolute atomic E-state index is 12.1. The summed E-state index contributed by atoms with van der Waals surface area (Å²) in [5.74, 6) is 0.216. The average Bonchev–Trinajstić information content (AvgIpc) is 2.43. The van der Waals surface area contributed by atoms with Crippen molar-refractivity contribution in [3.63, 3.8) is 0 Å². The molecule has 0 radical (unpaired) electrons. The molecule has 19 heavy (non-hydrogen) atoms. The number of unbranched alkanes of at least 4 members (excludes halogenated alkanes) is 1. The van der Waals surface area contributed by atoms with Gasteiger partial charge in [-0.05, 0) is 25.7 Å². The van der Waals surface area contributed by atoms with Crippen LogP contribution < -0.4 is 11.1 Å². The highest BCUT2D eigenvalue weighted by atomic mass is 16.2. The predicted octanol–water partition coefficient (Wildman–Crippen LogP) is 1.02. The maximum Gasteiger partial charge on any atom is 0.222 e. The van der Waals surface area contributed by atoms with Crippen LogP contribution in [0.4, 0.5) is 0 Å². The van der Waals surface area contributed by atoms with Gasteiger partial charge in [-0.15, -0.1) is 0 Å². The van der Waals surface area contributed by atoms with E-state index in [9.17, 15) is 9.59 Å². The van der Waals surface area contributed by atoms with Crippen LogP contribution in [0.3, 0.4) is 0 Å². The summed E-state index contributed by atoms with van der Waals surface area (Å²) >= 11 is 0. The van der Waals surface area contributed by atoms with Gasteiger partial charge in [0.15, 0.2) is 0 Å². The number of amides is 2. The van der Waals surface area contributed by atoms with Crippen molar-refractivity contribution < 1.29 is 9.59 Å². The van der Waals surface area contributed by atoms with Crippen LogP contribution in [0.15, 0.2) is 0 Å². The second-order valence-electron chi connectivity index (χ2n) is 5.18. The molecule has 0 aromatic rings. The number of hydrogen-bond acceptors (Lipinski definition) is 3. The van der Waals surface area contributed by atoms with Crippen LogP contribution in [0.5, 0.6) is 0 Å². The highest BCUT2D eigenvalue weighted by Gasteiger charge is 2.26. The van der Waals surface area contributed by atoms with Crippen LogP contribution in [-0.2, 0) is 9.59 Å². The molecule has 1 fully saturated rings. The summed E-state index contributed by atoms with van der Waals surface area (Å²) in [4.78, 5) is 25.5. The number of likely N-dealkylation sites (tertiary alicyclic amines) is 1. The van der Waals surface area contributed by atoms with Gasteiger partial charge in [-0.25, -0.2) is 0 Å². The molecule has 1 aliphatic heterocycles. The van der Waals surface area contributed by atoms with Gasteiger partial charge in [-0.1, -0.05) is 13.3 Å². The summed E-state index contributed by atoms with van der Waals surface area (Å²) < 4.78 is 0. The van der Waals surface area contributed by atoms with E-state index < -0.39 is 0 Å². The molecule has 1 heterocycles. The molecule has 1 saturated heterocycles. The van der Waals surface area contributed by atoms with Crippen molar-refractivity contribution >= 4 is 11.8 Å². The number of hydrogen-bond donors (Lipinski definition) is 2. The molecule has 0 saturated carbocycles. The predicted molar refractivity (Wildman–Crippen MR) is 75.6 cm³/mol. The summed E-state index contributed by atoms with van der Waals surface area (Å²) in [7, 11) is 0. The van der Waals surface area contributed by atoms with Crippen molar-refractivity contribution in [2.45, 2.75) is 57.9 Å². The van der Waals surface area contributed by atoms with Crippen LogP contribution in [0.2, 0.25) is 0 Å². The third kappa shape index (κ3) is 5.59. The monoisotopic (exact) mass is 269 g/mol. The number of rotatable bonds is 7. The Kier molecular flexibility index (Phi) is 7.48. The smallest absolute Gasteiger partial charge is 0.222 e. The lowest BCUT2D eigenvalue weighted by Crippen LogP contribution is -2.49.